The standard InChI is InChI=1S/C19H22BF2N3O5/c1-12(9-23)17(26)25-10-15(22)8-19(25,2)11-30-18(27)24-16(20(28)29)7-13-3-5-14(21)6-4-13/h3-6,15-16,28-29H,1,7-8,10-11H2,2H3,(H,24,27)/t15-,16-,19+/m0/s1. The summed E-state index contributed by atoms with van der Waals surface area (Å²) in [5, 5.41) is 30.2. The smallest absolute Gasteiger partial charge is 0.447 e. The maximum absolute atomic E-state index is 14.0. The van der Waals surface area contributed by atoms with Crippen molar-refractivity contribution in [3.8, 4) is 6.07 Å². The lowest BCUT2D eigenvalue weighted by molar-refractivity contribution is -0.131. The van der Waals surface area contributed by atoms with Crippen molar-refractivity contribution in [2.75, 3.05) is 13.2 Å². The molecule has 0 radical (unpaired) electrons. The molecule has 3 N–H and O–H groups in total. The predicted molar refractivity (Wildman–Crippen MR) is 103 cm³/mol. The molecule has 1 fully saturated rings. The number of alkyl halides is 1. The molecule has 2 rings (SSSR count). The monoisotopic (exact) mass is 421 g/mol. The fourth-order valence-electron chi connectivity index (χ4n) is 3.27. The number of amides is 2. The number of benzene rings is 1. The Morgan fingerprint density at radius 1 is 1.47 bits per heavy atom. The van der Waals surface area contributed by atoms with Crippen molar-refractivity contribution in [1.29, 1.82) is 5.26 Å². The number of nitriles is 1. The molecule has 0 spiro atoms. The van der Waals surface area contributed by atoms with E-state index in [1.54, 1.807) is 6.07 Å². The lowest BCUT2D eigenvalue weighted by Crippen LogP contribution is -2.51. The molecule has 1 aliphatic rings. The first-order valence-electron chi connectivity index (χ1n) is 9.14. The van der Waals surface area contributed by atoms with Crippen molar-refractivity contribution in [3.63, 3.8) is 0 Å². The summed E-state index contributed by atoms with van der Waals surface area (Å²) in [5.41, 5.74) is -1.01. The van der Waals surface area contributed by atoms with Gasteiger partial charge in [-0.05, 0) is 31.0 Å². The third-order valence-electron chi connectivity index (χ3n) is 4.88. The zero-order valence-corrected chi connectivity index (χ0v) is 16.3. The van der Waals surface area contributed by atoms with Gasteiger partial charge in [0.15, 0.2) is 0 Å². The highest BCUT2D eigenvalue weighted by Crippen LogP contribution is 2.32. The van der Waals surface area contributed by atoms with Crippen LogP contribution in [-0.4, -0.2) is 64.9 Å². The molecule has 1 aliphatic heterocycles. The average Bonchev–Trinajstić information content (AvgIpc) is 3.00. The minimum Gasteiger partial charge on any atom is -0.447 e. The van der Waals surface area contributed by atoms with Crippen molar-refractivity contribution in [3.05, 3.63) is 47.8 Å². The Bertz CT molecular complexity index is 846. The second-order valence-corrected chi connectivity index (χ2v) is 7.38. The molecule has 0 aromatic heterocycles. The van der Waals surface area contributed by atoms with E-state index in [1.807, 2.05) is 0 Å². The van der Waals surface area contributed by atoms with Gasteiger partial charge in [0, 0.05) is 6.42 Å². The first-order chi connectivity index (χ1) is 14.1. The van der Waals surface area contributed by atoms with E-state index in [0.717, 1.165) is 4.90 Å². The molecule has 0 saturated carbocycles. The first kappa shape index (κ1) is 23.3. The quantitative estimate of drug-likeness (QED) is 0.341. The van der Waals surface area contributed by atoms with E-state index in [1.165, 1.54) is 31.2 Å². The number of likely N-dealkylation sites (tertiary alicyclic amines) is 1. The Morgan fingerprint density at radius 2 is 2.10 bits per heavy atom. The van der Waals surface area contributed by atoms with Crippen LogP contribution in [0.4, 0.5) is 13.6 Å². The van der Waals surface area contributed by atoms with Crippen LogP contribution < -0.4 is 5.32 Å². The molecule has 0 bridgehead atoms. The molecule has 2 amide bonds. The normalized spacial score (nSPS) is 21.5. The van der Waals surface area contributed by atoms with Gasteiger partial charge in [-0.1, -0.05) is 18.7 Å². The summed E-state index contributed by atoms with van der Waals surface area (Å²) in [6, 6.07) is 6.88. The van der Waals surface area contributed by atoms with E-state index in [9.17, 15) is 28.4 Å². The van der Waals surface area contributed by atoms with Gasteiger partial charge >= 0.3 is 13.2 Å². The van der Waals surface area contributed by atoms with E-state index in [-0.39, 0.29) is 31.6 Å². The number of rotatable bonds is 7. The van der Waals surface area contributed by atoms with Crippen LogP contribution in [0.25, 0.3) is 0 Å². The molecule has 1 aromatic rings. The number of nitrogens with one attached hydrogen (secondary N) is 1. The number of ether oxygens (including phenoxy) is 1. The number of nitrogens with zero attached hydrogens (tertiary/aromatic N) is 2. The molecule has 8 nitrogen and oxygen atoms in total. The fourth-order valence-corrected chi connectivity index (χ4v) is 3.27. The van der Waals surface area contributed by atoms with Crippen molar-refractivity contribution in [2.24, 2.45) is 0 Å². The minimum atomic E-state index is -1.92. The Hall–Kier alpha value is -2.97. The second-order valence-electron chi connectivity index (χ2n) is 7.38. The van der Waals surface area contributed by atoms with Crippen LogP contribution in [0.15, 0.2) is 36.4 Å². The van der Waals surface area contributed by atoms with Crippen molar-refractivity contribution >= 4 is 19.1 Å². The number of carbonyl (C=O) groups is 2. The van der Waals surface area contributed by atoms with Gasteiger partial charge in [0.2, 0.25) is 0 Å². The largest absolute Gasteiger partial charge is 0.475 e. The number of halogens is 2. The van der Waals surface area contributed by atoms with E-state index >= 15 is 0 Å². The summed E-state index contributed by atoms with van der Waals surface area (Å²) < 4.78 is 32.1. The maximum Gasteiger partial charge on any atom is 0.475 e. The van der Waals surface area contributed by atoms with Gasteiger partial charge in [-0.25, -0.2) is 13.6 Å². The van der Waals surface area contributed by atoms with Crippen molar-refractivity contribution in [1.82, 2.24) is 10.2 Å². The summed E-state index contributed by atoms with van der Waals surface area (Å²) in [5.74, 6) is -2.35. The number of hydrogen-bond acceptors (Lipinski definition) is 6. The van der Waals surface area contributed by atoms with Gasteiger partial charge < -0.3 is 25.0 Å². The van der Waals surface area contributed by atoms with Gasteiger partial charge in [0.05, 0.1) is 18.0 Å². The lowest BCUT2D eigenvalue weighted by atomic mass is 9.76. The highest BCUT2D eigenvalue weighted by Gasteiger charge is 2.46. The van der Waals surface area contributed by atoms with Crippen LogP contribution >= 0.6 is 0 Å². The van der Waals surface area contributed by atoms with Gasteiger partial charge in [-0.15, -0.1) is 0 Å². The summed E-state index contributed by atoms with van der Waals surface area (Å²) in [7, 11) is -1.92. The molecule has 1 heterocycles. The Morgan fingerprint density at radius 3 is 2.67 bits per heavy atom. The first-order valence-corrected chi connectivity index (χ1v) is 9.14. The number of alkyl carbamates (subject to hydrolysis) is 1. The van der Waals surface area contributed by atoms with Crippen LogP contribution in [0, 0.1) is 17.1 Å². The van der Waals surface area contributed by atoms with E-state index in [0.29, 0.717) is 5.56 Å². The SMILES string of the molecule is C=C(C#N)C(=O)N1C[C@@H](F)C[C@]1(C)COC(=O)N[C@@H](Cc1ccc(F)cc1)B(O)O. The molecule has 160 valence electrons. The van der Waals surface area contributed by atoms with Crippen molar-refractivity contribution in [2.45, 2.75) is 37.4 Å². The summed E-state index contributed by atoms with van der Waals surface area (Å²) in [6.07, 6.45) is -2.48. The van der Waals surface area contributed by atoms with Gasteiger partial charge in [0.1, 0.15) is 30.2 Å². The zero-order chi connectivity index (χ0) is 22.5. The highest BCUT2D eigenvalue weighted by molar-refractivity contribution is 6.43. The number of hydrogen-bond donors (Lipinski definition) is 3. The molecule has 1 aromatic carbocycles. The molecular weight excluding hydrogens is 399 g/mol. The van der Waals surface area contributed by atoms with Crippen LogP contribution in [0.1, 0.15) is 18.9 Å². The zero-order valence-electron chi connectivity index (χ0n) is 16.3. The van der Waals surface area contributed by atoms with Crippen LogP contribution in [0.5, 0.6) is 0 Å². The van der Waals surface area contributed by atoms with Crippen molar-refractivity contribution < 1.29 is 33.2 Å². The van der Waals surface area contributed by atoms with Crippen LogP contribution in [0.2, 0.25) is 0 Å². The summed E-state index contributed by atoms with van der Waals surface area (Å²) in [4.78, 5) is 25.5. The Labute approximate surface area is 172 Å². The fraction of sp³-hybridized carbons (Fsp3) is 0.421. The maximum atomic E-state index is 14.0. The summed E-state index contributed by atoms with van der Waals surface area (Å²) in [6.45, 7) is 4.21. The van der Waals surface area contributed by atoms with Gasteiger partial charge in [-0.2, -0.15) is 5.26 Å². The molecule has 0 aliphatic carbocycles. The summed E-state index contributed by atoms with van der Waals surface area (Å²) >= 11 is 0. The average molecular weight is 421 g/mol. The molecule has 11 heteroatoms. The van der Waals surface area contributed by atoms with Gasteiger partial charge in [0.25, 0.3) is 5.91 Å². The Balaban J connectivity index is 1.99. The van der Waals surface area contributed by atoms with E-state index in [2.05, 4.69) is 11.9 Å². The van der Waals surface area contributed by atoms with E-state index < -0.39 is 42.6 Å². The minimum absolute atomic E-state index is 0.0104. The Kier molecular flexibility index (Phi) is 7.53. The van der Waals surface area contributed by atoms with Crippen LogP contribution in [-0.2, 0) is 16.0 Å². The topological polar surface area (TPSA) is 123 Å². The van der Waals surface area contributed by atoms with Gasteiger partial charge in [-0.3, -0.25) is 4.79 Å². The lowest BCUT2D eigenvalue weighted by Gasteiger charge is -2.34. The molecule has 1 saturated heterocycles. The molecule has 0 unspecified atom stereocenters. The van der Waals surface area contributed by atoms with E-state index in [4.69, 9.17) is 10.00 Å². The molecular formula is C19H22BF2N3O5. The third kappa shape index (κ3) is 5.78. The number of carbonyl (C=O) groups excluding carboxylic acids is 2. The van der Waals surface area contributed by atoms with Crippen LogP contribution in [0.3, 0.4) is 0 Å². The highest BCUT2D eigenvalue weighted by atomic mass is 19.1. The third-order valence-corrected chi connectivity index (χ3v) is 4.88. The molecule has 30 heavy (non-hydrogen) atoms. The molecule has 3 atom stereocenters. The second kappa shape index (κ2) is 9.69. The predicted octanol–water partition coefficient (Wildman–Crippen LogP) is 0.884.